The molecule has 0 radical (unpaired) electrons. The predicted molar refractivity (Wildman–Crippen MR) is 98.9 cm³/mol. The van der Waals surface area contributed by atoms with E-state index in [2.05, 4.69) is 37.0 Å². The van der Waals surface area contributed by atoms with Gasteiger partial charge < -0.3 is 18.9 Å². The third kappa shape index (κ3) is 5.08. The maximum absolute atomic E-state index is 11.7. The molecule has 0 aliphatic carbocycles. The van der Waals surface area contributed by atoms with Gasteiger partial charge in [-0.3, -0.25) is 14.4 Å². The second-order valence-corrected chi connectivity index (χ2v) is 7.29. The van der Waals surface area contributed by atoms with Crippen molar-refractivity contribution in [1.29, 1.82) is 0 Å². The molecule has 1 aliphatic rings. The molecule has 0 amide bonds. The van der Waals surface area contributed by atoms with E-state index in [9.17, 15) is 14.4 Å². The first kappa shape index (κ1) is 21.8. The van der Waals surface area contributed by atoms with E-state index in [1.165, 1.54) is 20.8 Å². The third-order valence-corrected chi connectivity index (χ3v) is 5.38. The molecule has 2 rings (SSSR count). The number of esters is 3. The first-order chi connectivity index (χ1) is 12.6. The molecule has 1 fully saturated rings. The molecule has 1 aromatic heterocycles. The highest BCUT2D eigenvalue weighted by molar-refractivity contribution is 9.10. The molecule has 11 heteroatoms. The summed E-state index contributed by atoms with van der Waals surface area (Å²) < 4.78 is 24.1. The van der Waals surface area contributed by atoms with Gasteiger partial charge in [0, 0.05) is 26.1 Å². The van der Waals surface area contributed by atoms with E-state index in [0.717, 1.165) is 10.2 Å². The number of alkyl halides is 1. The van der Waals surface area contributed by atoms with Crippen molar-refractivity contribution in [3.05, 3.63) is 15.9 Å². The van der Waals surface area contributed by atoms with E-state index >= 15 is 0 Å². The summed E-state index contributed by atoms with van der Waals surface area (Å²) in [6.07, 6.45) is -3.60. The highest BCUT2D eigenvalue weighted by atomic mass is 79.9. The van der Waals surface area contributed by atoms with E-state index in [1.54, 1.807) is 4.68 Å². The van der Waals surface area contributed by atoms with Gasteiger partial charge in [-0.1, -0.05) is 15.9 Å². The van der Waals surface area contributed by atoms with Crippen LogP contribution in [0.25, 0.3) is 0 Å². The van der Waals surface area contributed by atoms with Gasteiger partial charge in [-0.05, 0) is 22.9 Å². The zero-order valence-corrected chi connectivity index (χ0v) is 18.4. The summed E-state index contributed by atoms with van der Waals surface area (Å²) in [4.78, 5) is 34.4. The first-order valence-corrected chi connectivity index (χ1v) is 9.99. The lowest BCUT2D eigenvalue weighted by Crippen LogP contribution is -2.40. The van der Waals surface area contributed by atoms with Crippen molar-refractivity contribution in [2.75, 3.05) is 6.61 Å². The Balaban J connectivity index is 2.44. The average molecular weight is 512 g/mol. The standard InChI is InChI=1S/C16H20Br2N2O7/c1-7-13(18)11(5-17)20(19-7)16-15(26-10(4)23)14(25-9(3)22)12(27-16)6-24-8(2)21/h12,14-16H,5-6H2,1-4H3/t12-,14-,15-,16-/m1/s1. The minimum absolute atomic E-state index is 0.160. The number of nitrogens with zero attached hydrogens (tertiary/aromatic N) is 2. The van der Waals surface area contributed by atoms with Crippen LogP contribution in [0.15, 0.2) is 4.47 Å². The summed E-state index contributed by atoms with van der Waals surface area (Å²) in [7, 11) is 0. The quantitative estimate of drug-likeness (QED) is 0.325. The monoisotopic (exact) mass is 510 g/mol. The van der Waals surface area contributed by atoms with Gasteiger partial charge in [0.15, 0.2) is 18.4 Å². The number of carbonyl (C=O) groups is 3. The summed E-state index contributed by atoms with van der Waals surface area (Å²) in [5.41, 5.74) is 1.46. The van der Waals surface area contributed by atoms with Gasteiger partial charge in [0.05, 0.1) is 15.9 Å². The molecular formula is C16H20Br2N2O7. The molecule has 0 unspecified atom stereocenters. The van der Waals surface area contributed by atoms with Crippen molar-refractivity contribution in [3.63, 3.8) is 0 Å². The maximum atomic E-state index is 11.7. The fourth-order valence-electron chi connectivity index (χ4n) is 2.80. The molecule has 0 aromatic carbocycles. The number of hydrogen-bond donors (Lipinski definition) is 0. The maximum Gasteiger partial charge on any atom is 0.303 e. The fraction of sp³-hybridized carbons (Fsp3) is 0.625. The van der Waals surface area contributed by atoms with Crippen LogP contribution in [0.4, 0.5) is 0 Å². The third-order valence-electron chi connectivity index (χ3n) is 3.81. The molecule has 2 heterocycles. The molecule has 4 atom stereocenters. The summed E-state index contributed by atoms with van der Waals surface area (Å²) >= 11 is 6.87. The van der Waals surface area contributed by atoms with Gasteiger partial charge in [-0.2, -0.15) is 5.10 Å². The highest BCUT2D eigenvalue weighted by Crippen LogP contribution is 2.37. The van der Waals surface area contributed by atoms with Gasteiger partial charge in [-0.15, -0.1) is 0 Å². The van der Waals surface area contributed by atoms with Crippen LogP contribution in [0.5, 0.6) is 0 Å². The second-order valence-electron chi connectivity index (χ2n) is 5.94. The van der Waals surface area contributed by atoms with E-state index in [1.807, 2.05) is 6.92 Å². The Kier molecular flexibility index (Phi) is 7.40. The number of hydrogen-bond acceptors (Lipinski definition) is 8. The second kappa shape index (κ2) is 9.16. The Hall–Kier alpha value is -1.46. The highest BCUT2D eigenvalue weighted by Gasteiger charge is 2.51. The minimum atomic E-state index is -0.962. The molecule has 1 saturated heterocycles. The SMILES string of the molecule is CC(=O)OC[C@H]1O[C@@H](n2nc(C)c(Br)c2CBr)[C@H](OC(C)=O)[C@@H]1OC(C)=O. The van der Waals surface area contributed by atoms with Crippen LogP contribution in [0.3, 0.4) is 0 Å². The zero-order valence-electron chi connectivity index (χ0n) is 15.2. The van der Waals surface area contributed by atoms with E-state index in [0.29, 0.717) is 11.0 Å². The molecule has 9 nitrogen and oxygen atoms in total. The van der Waals surface area contributed by atoms with Crippen LogP contribution in [0, 0.1) is 6.92 Å². The number of aryl methyl sites for hydroxylation is 1. The topological polar surface area (TPSA) is 106 Å². The molecule has 27 heavy (non-hydrogen) atoms. The van der Waals surface area contributed by atoms with Gasteiger partial charge in [0.1, 0.15) is 12.7 Å². The summed E-state index contributed by atoms with van der Waals surface area (Å²) in [5.74, 6) is -1.65. The van der Waals surface area contributed by atoms with Crippen molar-refractivity contribution < 1.29 is 33.3 Å². The first-order valence-electron chi connectivity index (χ1n) is 8.08. The predicted octanol–water partition coefficient (Wildman–Crippen LogP) is 2.17. The summed E-state index contributed by atoms with van der Waals surface area (Å²) in [5, 5.41) is 4.89. The van der Waals surface area contributed by atoms with E-state index in [-0.39, 0.29) is 6.61 Å². The van der Waals surface area contributed by atoms with Crippen LogP contribution in [0.1, 0.15) is 38.4 Å². The number of ether oxygens (including phenoxy) is 4. The van der Waals surface area contributed by atoms with Gasteiger partial charge in [-0.25, -0.2) is 4.68 Å². The van der Waals surface area contributed by atoms with Crippen molar-refractivity contribution >= 4 is 49.8 Å². The largest absolute Gasteiger partial charge is 0.463 e. The molecule has 0 saturated carbocycles. The zero-order chi connectivity index (χ0) is 20.3. The van der Waals surface area contributed by atoms with Crippen LogP contribution >= 0.6 is 31.9 Å². The summed E-state index contributed by atoms with van der Waals surface area (Å²) in [6.45, 7) is 5.39. The van der Waals surface area contributed by atoms with Crippen molar-refractivity contribution in [3.8, 4) is 0 Å². The van der Waals surface area contributed by atoms with Crippen molar-refractivity contribution in [2.24, 2.45) is 0 Å². The van der Waals surface area contributed by atoms with Gasteiger partial charge in [0.25, 0.3) is 0 Å². The Morgan fingerprint density at radius 2 is 1.70 bits per heavy atom. The Labute approximate surface area is 172 Å². The van der Waals surface area contributed by atoms with Crippen molar-refractivity contribution in [2.45, 2.75) is 57.6 Å². The smallest absolute Gasteiger partial charge is 0.303 e. The number of rotatable bonds is 6. The van der Waals surface area contributed by atoms with E-state index in [4.69, 9.17) is 18.9 Å². The lowest BCUT2D eigenvalue weighted by atomic mass is 10.1. The van der Waals surface area contributed by atoms with Crippen LogP contribution < -0.4 is 0 Å². The van der Waals surface area contributed by atoms with Crippen LogP contribution in [0.2, 0.25) is 0 Å². The Morgan fingerprint density at radius 1 is 1.11 bits per heavy atom. The molecule has 0 spiro atoms. The minimum Gasteiger partial charge on any atom is -0.463 e. The Bertz CT molecular complexity index is 737. The van der Waals surface area contributed by atoms with Crippen LogP contribution in [-0.4, -0.2) is 52.6 Å². The molecule has 150 valence electrons. The number of carbonyl (C=O) groups excluding carboxylic acids is 3. The molecule has 1 aromatic rings. The summed E-state index contributed by atoms with van der Waals surface area (Å²) in [6, 6.07) is 0. The molecular weight excluding hydrogens is 492 g/mol. The molecule has 0 N–H and O–H groups in total. The van der Waals surface area contributed by atoms with E-state index < -0.39 is 42.4 Å². The molecule has 0 bridgehead atoms. The van der Waals surface area contributed by atoms with Gasteiger partial charge >= 0.3 is 17.9 Å². The lowest BCUT2D eigenvalue weighted by molar-refractivity contribution is -0.166. The average Bonchev–Trinajstić information content (AvgIpc) is 3.03. The normalized spacial score (nSPS) is 24.5. The van der Waals surface area contributed by atoms with Gasteiger partial charge in [0.2, 0.25) is 0 Å². The number of halogens is 2. The van der Waals surface area contributed by atoms with Crippen molar-refractivity contribution in [1.82, 2.24) is 9.78 Å². The number of aromatic nitrogens is 2. The lowest BCUT2D eigenvalue weighted by Gasteiger charge is -2.24. The Morgan fingerprint density at radius 3 is 2.22 bits per heavy atom. The fourth-order valence-corrected chi connectivity index (χ4v) is 4.11. The molecule has 1 aliphatic heterocycles. The van der Waals surface area contributed by atoms with Crippen LogP contribution in [-0.2, 0) is 38.7 Å².